The summed E-state index contributed by atoms with van der Waals surface area (Å²) in [5, 5.41) is 0.527. The van der Waals surface area contributed by atoms with Crippen molar-refractivity contribution in [2.45, 2.75) is 30.3 Å². The van der Waals surface area contributed by atoms with E-state index < -0.39 is 10.0 Å². The second-order valence-corrected chi connectivity index (χ2v) is 6.16. The highest BCUT2D eigenvalue weighted by atomic mass is 35.5. The zero-order valence-electron chi connectivity index (χ0n) is 8.77. The largest absolute Gasteiger partial charge is 0.326 e. The van der Waals surface area contributed by atoms with Gasteiger partial charge in [0.1, 0.15) is 0 Å². The lowest BCUT2D eigenvalue weighted by molar-refractivity contribution is 0.579. The van der Waals surface area contributed by atoms with Crippen LogP contribution in [0.5, 0.6) is 0 Å². The molecule has 1 aromatic rings. The molecule has 2 atom stereocenters. The Balaban J connectivity index is 2.28. The third kappa shape index (κ3) is 2.38. The molecule has 0 saturated heterocycles. The predicted molar refractivity (Wildman–Crippen MR) is 62.9 cm³/mol. The van der Waals surface area contributed by atoms with Gasteiger partial charge in [-0.05, 0) is 37.1 Å². The SMILES string of the molecule is Cc1cc(Cl)ccc1S(=O)(=O)NC1CC1N. The van der Waals surface area contributed by atoms with E-state index in [4.69, 9.17) is 17.3 Å². The normalized spacial score (nSPS) is 24.4. The van der Waals surface area contributed by atoms with Crippen molar-refractivity contribution in [3.8, 4) is 0 Å². The summed E-state index contributed by atoms with van der Waals surface area (Å²) in [4.78, 5) is 0.260. The molecule has 1 saturated carbocycles. The Morgan fingerprint density at radius 2 is 2.12 bits per heavy atom. The molecule has 4 nitrogen and oxygen atoms in total. The Bertz CT molecular complexity index is 516. The van der Waals surface area contributed by atoms with Crippen LogP contribution in [0, 0.1) is 6.92 Å². The molecular weight excluding hydrogens is 248 g/mol. The summed E-state index contributed by atoms with van der Waals surface area (Å²) in [5.74, 6) is 0. The van der Waals surface area contributed by atoms with Gasteiger partial charge in [-0.3, -0.25) is 0 Å². The number of aryl methyl sites for hydroxylation is 1. The minimum absolute atomic E-state index is 0.0534. The van der Waals surface area contributed by atoms with Crippen molar-refractivity contribution in [2.75, 3.05) is 0 Å². The molecule has 2 rings (SSSR count). The summed E-state index contributed by atoms with van der Waals surface area (Å²) >= 11 is 5.77. The molecule has 3 N–H and O–H groups in total. The van der Waals surface area contributed by atoms with Crippen LogP contribution in [-0.2, 0) is 10.0 Å². The quantitative estimate of drug-likeness (QED) is 0.853. The number of hydrogen-bond donors (Lipinski definition) is 2. The molecule has 1 fully saturated rings. The molecule has 0 heterocycles. The number of halogens is 1. The summed E-state index contributed by atoms with van der Waals surface area (Å²) in [6.07, 6.45) is 0.700. The van der Waals surface area contributed by atoms with Crippen molar-refractivity contribution in [2.24, 2.45) is 5.73 Å². The van der Waals surface area contributed by atoms with E-state index in [1.807, 2.05) is 0 Å². The van der Waals surface area contributed by atoms with Crippen LogP contribution >= 0.6 is 11.6 Å². The van der Waals surface area contributed by atoms with Gasteiger partial charge in [0.2, 0.25) is 10.0 Å². The Morgan fingerprint density at radius 3 is 2.62 bits per heavy atom. The van der Waals surface area contributed by atoms with Gasteiger partial charge in [-0.25, -0.2) is 13.1 Å². The average molecular weight is 261 g/mol. The van der Waals surface area contributed by atoms with Crippen LogP contribution in [0.1, 0.15) is 12.0 Å². The first-order valence-electron chi connectivity index (χ1n) is 4.94. The summed E-state index contributed by atoms with van der Waals surface area (Å²) in [6, 6.07) is 4.52. The molecule has 0 aromatic heterocycles. The van der Waals surface area contributed by atoms with E-state index in [2.05, 4.69) is 4.72 Å². The molecule has 88 valence electrons. The minimum atomic E-state index is -3.47. The van der Waals surface area contributed by atoms with E-state index >= 15 is 0 Å². The van der Waals surface area contributed by atoms with Gasteiger partial charge in [-0.1, -0.05) is 11.6 Å². The van der Waals surface area contributed by atoms with E-state index in [9.17, 15) is 8.42 Å². The lowest BCUT2D eigenvalue weighted by atomic mass is 10.2. The number of benzene rings is 1. The molecule has 1 aliphatic rings. The fourth-order valence-electron chi connectivity index (χ4n) is 1.53. The van der Waals surface area contributed by atoms with Gasteiger partial charge in [-0.15, -0.1) is 0 Å². The topological polar surface area (TPSA) is 72.2 Å². The average Bonchev–Trinajstić information content (AvgIpc) is 2.79. The van der Waals surface area contributed by atoms with Crippen molar-refractivity contribution < 1.29 is 8.42 Å². The highest BCUT2D eigenvalue weighted by Gasteiger charge is 2.37. The van der Waals surface area contributed by atoms with Crippen molar-refractivity contribution in [1.29, 1.82) is 0 Å². The fraction of sp³-hybridized carbons (Fsp3) is 0.400. The number of hydrogen-bond acceptors (Lipinski definition) is 3. The molecule has 2 unspecified atom stereocenters. The maximum atomic E-state index is 12.0. The summed E-state index contributed by atoms with van der Waals surface area (Å²) < 4.78 is 26.5. The standard InChI is InChI=1S/C10H13ClN2O2S/c1-6-4-7(11)2-3-10(6)16(14,15)13-9-5-8(9)12/h2-4,8-9,13H,5,12H2,1H3. The Kier molecular flexibility index (Phi) is 2.96. The molecule has 0 radical (unpaired) electrons. The van der Waals surface area contributed by atoms with Crippen molar-refractivity contribution >= 4 is 21.6 Å². The first-order chi connectivity index (χ1) is 7.40. The molecule has 1 aliphatic carbocycles. The maximum Gasteiger partial charge on any atom is 0.241 e. The second kappa shape index (κ2) is 4.00. The van der Waals surface area contributed by atoms with E-state index in [0.717, 1.165) is 0 Å². The van der Waals surface area contributed by atoms with Gasteiger partial charge in [0.15, 0.2) is 0 Å². The third-order valence-electron chi connectivity index (χ3n) is 2.57. The molecule has 0 aliphatic heterocycles. The number of rotatable bonds is 3. The van der Waals surface area contributed by atoms with Crippen LogP contribution in [-0.4, -0.2) is 20.5 Å². The monoisotopic (exact) mass is 260 g/mol. The van der Waals surface area contributed by atoms with Crippen molar-refractivity contribution in [3.63, 3.8) is 0 Å². The third-order valence-corrected chi connectivity index (χ3v) is 4.46. The van der Waals surface area contributed by atoms with Gasteiger partial charge in [0.05, 0.1) is 4.90 Å². The zero-order chi connectivity index (χ0) is 11.9. The maximum absolute atomic E-state index is 12.0. The van der Waals surface area contributed by atoms with Gasteiger partial charge >= 0.3 is 0 Å². The van der Waals surface area contributed by atoms with Crippen molar-refractivity contribution in [1.82, 2.24) is 4.72 Å². The van der Waals surface area contributed by atoms with E-state index in [-0.39, 0.29) is 17.0 Å². The lowest BCUT2D eigenvalue weighted by Crippen LogP contribution is -2.30. The zero-order valence-corrected chi connectivity index (χ0v) is 10.3. The van der Waals surface area contributed by atoms with Crippen LogP contribution in [0.15, 0.2) is 23.1 Å². The Morgan fingerprint density at radius 1 is 1.50 bits per heavy atom. The van der Waals surface area contributed by atoms with E-state index in [1.54, 1.807) is 19.1 Å². The molecule has 0 spiro atoms. The molecule has 0 amide bonds. The second-order valence-electron chi connectivity index (χ2n) is 4.04. The van der Waals surface area contributed by atoms with Crippen LogP contribution in [0.3, 0.4) is 0 Å². The summed E-state index contributed by atoms with van der Waals surface area (Å²) in [7, 11) is -3.47. The Hall–Kier alpha value is -0.620. The minimum Gasteiger partial charge on any atom is -0.326 e. The Labute approximate surface area is 99.8 Å². The van der Waals surface area contributed by atoms with E-state index in [0.29, 0.717) is 17.0 Å². The number of sulfonamides is 1. The molecule has 1 aromatic carbocycles. The fourth-order valence-corrected chi connectivity index (χ4v) is 3.28. The molecule has 0 bridgehead atoms. The van der Waals surface area contributed by atoms with Gasteiger partial charge < -0.3 is 5.73 Å². The highest BCUT2D eigenvalue weighted by Crippen LogP contribution is 2.24. The van der Waals surface area contributed by atoms with Gasteiger partial charge in [0.25, 0.3) is 0 Å². The number of nitrogens with one attached hydrogen (secondary N) is 1. The van der Waals surface area contributed by atoms with Crippen LogP contribution in [0.2, 0.25) is 5.02 Å². The van der Waals surface area contributed by atoms with Crippen LogP contribution in [0.4, 0.5) is 0 Å². The molecule has 16 heavy (non-hydrogen) atoms. The lowest BCUT2D eigenvalue weighted by Gasteiger charge is -2.08. The first kappa shape index (κ1) is 11.9. The molecule has 6 heteroatoms. The first-order valence-corrected chi connectivity index (χ1v) is 6.80. The highest BCUT2D eigenvalue weighted by molar-refractivity contribution is 7.89. The van der Waals surface area contributed by atoms with Crippen LogP contribution in [0.25, 0.3) is 0 Å². The summed E-state index contributed by atoms with van der Waals surface area (Å²) in [5.41, 5.74) is 6.20. The molecular formula is C10H13ClN2O2S. The smallest absolute Gasteiger partial charge is 0.241 e. The van der Waals surface area contributed by atoms with Gasteiger partial charge in [-0.2, -0.15) is 0 Å². The van der Waals surface area contributed by atoms with Crippen molar-refractivity contribution in [3.05, 3.63) is 28.8 Å². The van der Waals surface area contributed by atoms with E-state index in [1.165, 1.54) is 6.07 Å². The number of nitrogens with two attached hydrogens (primary N) is 1. The van der Waals surface area contributed by atoms with Gasteiger partial charge in [0, 0.05) is 17.1 Å². The predicted octanol–water partition coefficient (Wildman–Crippen LogP) is 1.03. The van der Waals surface area contributed by atoms with Crippen LogP contribution < -0.4 is 10.5 Å². The summed E-state index contributed by atoms with van der Waals surface area (Å²) in [6.45, 7) is 1.72.